The van der Waals surface area contributed by atoms with Gasteiger partial charge >= 0.3 is 0 Å². The van der Waals surface area contributed by atoms with Crippen LogP contribution in [0, 0.1) is 11.3 Å². The molecule has 0 unspecified atom stereocenters. The molecule has 0 saturated carbocycles. The zero-order chi connectivity index (χ0) is 13.7. The van der Waals surface area contributed by atoms with Crippen molar-refractivity contribution in [1.82, 2.24) is 14.8 Å². The maximum Gasteiger partial charge on any atom is 0.252 e. The summed E-state index contributed by atoms with van der Waals surface area (Å²) in [6.07, 6.45) is 1.64. The highest BCUT2D eigenvalue weighted by molar-refractivity contribution is 6.33. The number of benzene rings is 1. The minimum Gasteiger partial charge on any atom is -0.325 e. The van der Waals surface area contributed by atoms with Crippen molar-refractivity contribution in [3.05, 3.63) is 41.4 Å². The molecule has 0 aliphatic heterocycles. The molecular weight excluding hydrogens is 266 g/mol. The van der Waals surface area contributed by atoms with Gasteiger partial charge in [0.25, 0.3) is 5.82 Å². The molecule has 1 aromatic heterocycles. The van der Waals surface area contributed by atoms with Crippen molar-refractivity contribution in [3.63, 3.8) is 0 Å². The first-order valence-corrected chi connectivity index (χ1v) is 5.91. The van der Waals surface area contributed by atoms with E-state index in [0.717, 1.165) is 0 Å². The summed E-state index contributed by atoms with van der Waals surface area (Å²) >= 11 is 5.93. The molecule has 19 heavy (non-hydrogen) atoms. The number of hydrogen-bond donors (Lipinski definition) is 1. The van der Waals surface area contributed by atoms with Crippen LogP contribution >= 0.6 is 11.6 Å². The summed E-state index contributed by atoms with van der Waals surface area (Å²) in [5.74, 6) is -0.0892. The number of rotatable bonds is 4. The summed E-state index contributed by atoms with van der Waals surface area (Å²) in [6, 6.07) is 8.83. The highest BCUT2D eigenvalue weighted by Gasteiger charge is 2.06. The number of nitrogens with one attached hydrogen (secondary N) is 1. The average molecular weight is 276 g/mol. The van der Waals surface area contributed by atoms with Crippen LogP contribution in [0.25, 0.3) is 0 Å². The molecule has 1 aromatic carbocycles. The predicted octanol–water partition coefficient (Wildman–Crippen LogP) is 1.83. The quantitative estimate of drug-likeness (QED) is 0.923. The number of aryl methyl sites for hydroxylation is 1. The molecule has 6 nitrogen and oxygen atoms in total. The van der Waals surface area contributed by atoms with Gasteiger partial charge in [-0.3, -0.25) is 9.48 Å². The summed E-state index contributed by atoms with van der Waals surface area (Å²) in [4.78, 5) is 15.5. The Morgan fingerprint density at radius 3 is 2.95 bits per heavy atom. The van der Waals surface area contributed by atoms with Crippen molar-refractivity contribution in [2.75, 3.05) is 5.32 Å². The Bertz CT molecular complexity index is 631. The topological polar surface area (TPSA) is 83.6 Å². The second kappa shape index (κ2) is 5.98. The molecule has 0 spiro atoms. The molecule has 7 heteroatoms. The monoisotopic (exact) mass is 275 g/mol. The standard InChI is InChI=1S/C12H10ClN5O/c13-9-3-1-2-4-10(9)16-12(19)5-6-18-8-15-11(7-14)17-18/h1-4,8H,5-6H2,(H,16,19). The Hall–Kier alpha value is -2.39. The van der Waals surface area contributed by atoms with Crippen molar-refractivity contribution < 1.29 is 4.79 Å². The molecule has 0 atom stereocenters. The fraction of sp³-hybridized carbons (Fsp3) is 0.167. The third-order valence-electron chi connectivity index (χ3n) is 2.35. The van der Waals surface area contributed by atoms with E-state index in [9.17, 15) is 4.79 Å². The fourth-order valence-corrected chi connectivity index (χ4v) is 1.63. The van der Waals surface area contributed by atoms with Gasteiger partial charge in [-0.2, -0.15) is 5.26 Å². The molecule has 2 rings (SSSR count). The van der Waals surface area contributed by atoms with Crippen molar-refractivity contribution in [1.29, 1.82) is 5.26 Å². The minimum atomic E-state index is -0.179. The van der Waals surface area contributed by atoms with E-state index in [-0.39, 0.29) is 18.2 Å². The molecule has 1 N–H and O–H groups in total. The van der Waals surface area contributed by atoms with E-state index in [1.165, 1.54) is 11.0 Å². The number of para-hydroxylation sites is 1. The molecule has 96 valence electrons. The van der Waals surface area contributed by atoms with Gasteiger partial charge < -0.3 is 5.32 Å². The lowest BCUT2D eigenvalue weighted by Gasteiger charge is -2.06. The first-order valence-electron chi connectivity index (χ1n) is 5.53. The van der Waals surface area contributed by atoms with E-state index >= 15 is 0 Å². The number of carbonyl (C=O) groups is 1. The van der Waals surface area contributed by atoms with Gasteiger partial charge in [-0.1, -0.05) is 23.7 Å². The van der Waals surface area contributed by atoms with Crippen LogP contribution in [0.3, 0.4) is 0 Å². The Labute approximate surface area is 114 Å². The lowest BCUT2D eigenvalue weighted by Crippen LogP contribution is -2.15. The lowest BCUT2D eigenvalue weighted by molar-refractivity contribution is -0.116. The summed E-state index contributed by atoms with van der Waals surface area (Å²) < 4.78 is 1.45. The van der Waals surface area contributed by atoms with Gasteiger partial charge in [0.15, 0.2) is 0 Å². The zero-order valence-corrected chi connectivity index (χ0v) is 10.6. The maximum atomic E-state index is 11.7. The number of carbonyl (C=O) groups excluding carboxylic acids is 1. The molecule has 0 bridgehead atoms. The first kappa shape index (κ1) is 13.1. The van der Waals surface area contributed by atoms with Crippen molar-refractivity contribution >= 4 is 23.2 Å². The van der Waals surface area contributed by atoms with Crippen molar-refractivity contribution in [2.45, 2.75) is 13.0 Å². The van der Waals surface area contributed by atoms with Crippen LogP contribution < -0.4 is 5.32 Å². The average Bonchev–Trinajstić information content (AvgIpc) is 2.87. The smallest absolute Gasteiger partial charge is 0.252 e. The van der Waals surface area contributed by atoms with E-state index in [1.54, 1.807) is 24.3 Å². The molecule has 0 aliphatic rings. The Morgan fingerprint density at radius 2 is 2.26 bits per heavy atom. The molecule has 0 saturated heterocycles. The van der Waals surface area contributed by atoms with Crippen molar-refractivity contribution in [3.8, 4) is 6.07 Å². The second-order valence-corrected chi connectivity index (χ2v) is 4.13. The maximum absolute atomic E-state index is 11.7. The molecule has 0 fully saturated rings. The number of aromatic nitrogens is 3. The number of anilines is 1. The van der Waals surface area contributed by atoms with Gasteiger partial charge in [0.2, 0.25) is 5.91 Å². The summed E-state index contributed by atoms with van der Waals surface area (Å²) in [6.45, 7) is 0.352. The van der Waals surface area contributed by atoms with Crippen LogP contribution in [0.15, 0.2) is 30.6 Å². The summed E-state index contributed by atoms with van der Waals surface area (Å²) in [5.41, 5.74) is 0.575. The normalized spacial score (nSPS) is 9.89. The van der Waals surface area contributed by atoms with E-state index in [4.69, 9.17) is 16.9 Å². The minimum absolute atomic E-state index is 0.0894. The van der Waals surface area contributed by atoms with Gasteiger partial charge in [-0.15, -0.1) is 5.10 Å². The Kier molecular flexibility index (Phi) is 4.11. The number of nitrogens with zero attached hydrogens (tertiary/aromatic N) is 4. The highest BCUT2D eigenvalue weighted by atomic mass is 35.5. The number of hydrogen-bond acceptors (Lipinski definition) is 4. The summed E-state index contributed by atoms with van der Waals surface area (Å²) in [5, 5.41) is 15.6. The summed E-state index contributed by atoms with van der Waals surface area (Å²) in [7, 11) is 0. The van der Waals surface area contributed by atoms with E-state index in [2.05, 4.69) is 15.4 Å². The third-order valence-corrected chi connectivity index (χ3v) is 2.68. The van der Waals surface area contributed by atoms with Crippen LogP contribution in [0.1, 0.15) is 12.2 Å². The zero-order valence-electron chi connectivity index (χ0n) is 9.88. The SMILES string of the molecule is N#Cc1ncn(CCC(=O)Nc2ccccc2Cl)n1. The lowest BCUT2D eigenvalue weighted by atomic mass is 10.3. The molecule has 2 aromatic rings. The number of amides is 1. The molecule has 1 amide bonds. The van der Waals surface area contributed by atoms with Gasteiger partial charge in [0.1, 0.15) is 12.4 Å². The Morgan fingerprint density at radius 1 is 1.47 bits per heavy atom. The largest absolute Gasteiger partial charge is 0.325 e. The third kappa shape index (κ3) is 3.53. The van der Waals surface area contributed by atoms with Crippen LogP contribution in [0.5, 0.6) is 0 Å². The van der Waals surface area contributed by atoms with Gasteiger partial charge in [-0.25, -0.2) is 4.98 Å². The first-order chi connectivity index (χ1) is 9.19. The number of halogens is 1. The van der Waals surface area contributed by atoms with Crippen LogP contribution in [-0.4, -0.2) is 20.7 Å². The van der Waals surface area contributed by atoms with Gasteiger partial charge in [0, 0.05) is 6.42 Å². The molecular formula is C12H10ClN5O. The van der Waals surface area contributed by atoms with Crippen LogP contribution in [0.4, 0.5) is 5.69 Å². The number of nitriles is 1. The molecule has 0 radical (unpaired) electrons. The predicted molar refractivity (Wildman–Crippen MR) is 69.4 cm³/mol. The molecule has 1 heterocycles. The second-order valence-electron chi connectivity index (χ2n) is 3.72. The van der Waals surface area contributed by atoms with Gasteiger partial charge in [-0.05, 0) is 12.1 Å². The molecule has 0 aliphatic carbocycles. The van der Waals surface area contributed by atoms with Crippen LogP contribution in [-0.2, 0) is 11.3 Å². The van der Waals surface area contributed by atoms with E-state index in [0.29, 0.717) is 17.3 Å². The highest BCUT2D eigenvalue weighted by Crippen LogP contribution is 2.20. The van der Waals surface area contributed by atoms with E-state index in [1.807, 2.05) is 6.07 Å². The fourth-order valence-electron chi connectivity index (χ4n) is 1.44. The Balaban J connectivity index is 1.89. The van der Waals surface area contributed by atoms with Gasteiger partial charge in [0.05, 0.1) is 17.3 Å². The van der Waals surface area contributed by atoms with Crippen LogP contribution in [0.2, 0.25) is 5.02 Å². The van der Waals surface area contributed by atoms with E-state index < -0.39 is 0 Å². The van der Waals surface area contributed by atoms with Crippen molar-refractivity contribution in [2.24, 2.45) is 0 Å².